The molecule has 1 fully saturated rings. The van der Waals surface area contributed by atoms with Crippen molar-refractivity contribution in [2.75, 3.05) is 25.0 Å². The van der Waals surface area contributed by atoms with Crippen LogP contribution in [0.25, 0.3) is 10.4 Å². The Morgan fingerprint density at radius 1 is 1.33 bits per heavy atom. The van der Waals surface area contributed by atoms with E-state index >= 15 is 0 Å². The van der Waals surface area contributed by atoms with Crippen LogP contribution in [0.1, 0.15) is 0 Å². The number of hydrogen-bond donors (Lipinski definition) is 1. The van der Waals surface area contributed by atoms with Gasteiger partial charge in [-0.15, -0.1) is 11.3 Å². The van der Waals surface area contributed by atoms with Crippen LogP contribution in [0.3, 0.4) is 0 Å². The normalized spacial score (nSPS) is 17.1. The zero-order valence-electron chi connectivity index (χ0n) is 12.8. The number of thiophene rings is 1. The quantitative estimate of drug-likeness (QED) is 0.848. The third-order valence-electron chi connectivity index (χ3n) is 3.62. The summed E-state index contributed by atoms with van der Waals surface area (Å²) in [5, 5.41) is 13.5. The molecule has 122 valence electrons. The molecule has 1 aliphatic heterocycles. The number of nitrogens with zero attached hydrogens (tertiary/aromatic N) is 2. The highest BCUT2D eigenvalue weighted by Gasteiger charge is 2.28. The molecule has 1 unspecified atom stereocenters. The van der Waals surface area contributed by atoms with Gasteiger partial charge in [0.25, 0.3) is 0 Å². The highest BCUT2D eigenvalue weighted by molar-refractivity contribution is 7.13. The van der Waals surface area contributed by atoms with Crippen molar-refractivity contribution in [1.82, 2.24) is 4.90 Å². The summed E-state index contributed by atoms with van der Waals surface area (Å²) in [6.07, 6.45) is -0.683. The average Bonchev–Trinajstić information content (AvgIpc) is 3.16. The number of hydrogen-bond acceptors (Lipinski definition) is 5. The Kier molecular flexibility index (Phi) is 4.89. The minimum Gasteiger partial charge on any atom is -0.360 e. The minimum absolute atomic E-state index is 0.109. The lowest BCUT2D eigenvalue weighted by molar-refractivity contribution is -0.147. The van der Waals surface area contributed by atoms with Gasteiger partial charge in [0.2, 0.25) is 0 Å². The van der Waals surface area contributed by atoms with E-state index in [1.165, 1.54) is 4.90 Å². The van der Waals surface area contributed by atoms with Crippen LogP contribution in [0.4, 0.5) is 5.69 Å². The number of carbonyl (C=O) groups excluding carboxylic acids is 2. The predicted molar refractivity (Wildman–Crippen MR) is 90.3 cm³/mol. The van der Waals surface area contributed by atoms with Crippen molar-refractivity contribution < 1.29 is 14.3 Å². The fourth-order valence-corrected chi connectivity index (χ4v) is 3.16. The van der Waals surface area contributed by atoms with Crippen molar-refractivity contribution in [2.45, 2.75) is 6.10 Å². The lowest BCUT2D eigenvalue weighted by Gasteiger charge is -2.29. The third kappa shape index (κ3) is 3.62. The molecule has 1 atom stereocenters. The van der Waals surface area contributed by atoms with E-state index in [4.69, 9.17) is 10.00 Å². The zero-order chi connectivity index (χ0) is 16.9. The van der Waals surface area contributed by atoms with E-state index in [1.54, 1.807) is 17.4 Å². The minimum atomic E-state index is -0.711. The average molecular weight is 341 g/mol. The first kappa shape index (κ1) is 16.2. The van der Waals surface area contributed by atoms with Gasteiger partial charge in [0.05, 0.1) is 19.2 Å². The number of morpholine rings is 1. The van der Waals surface area contributed by atoms with Gasteiger partial charge in [0, 0.05) is 17.1 Å². The van der Waals surface area contributed by atoms with Crippen molar-refractivity contribution in [3.05, 3.63) is 41.8 Å². The van der Waals surface area contributed by atoms with E-state index in [9.17, 15) is 9.59 Å². The molecule has 7 heteroatoms. The molecule has 1 N–H and O–H groups in total. The lowest BCUT2D eigenvalue weighted by atomic mass is 10.1. The van der Waals surface area contributed by atoms with E-state index < -0.39 is 17.9 Å². The Morgan fingerprint density at radius 3 is 2.96 bits per heavy atom. The molecule has 0 radical (unpaired) electrons. The summed E-state index contributed by atoms with van der Waals surface area (Å²) in [5.41, 5.74) is 1.54. The molecular formula is C17H15N3O3S. The van der Waals surface area contributed by atoms with Crippen LogP contribution in [-0.4, -0.2) is 42.5 Å². The topological polar surface area (TPSA) is 82.4 Å². The smallest absolute Gasteiger partial charge is 0.313 e. The Bertz CT molecular complexity index is 783. The summed E-state index contributed by atoms with van der Waals surface area (Å²) >= 11 is 1.60. The standard InChI is InChI=1S/C17H15N3O3S/c18-10-14-11-20(6-7-23-14)17(22)16(21)19-13-4-1-3-12(9-13)15-5-2-8-24-15/h1-5,8-9,14H,6-7,11H2,(H,19,21). The van der Waals surface area contributed by atoms with Gasteiger partial charge in [0.15, 0.2) is 6.10 Å². The molecule has 1 saturated heterocycles. The van der Waals surface area contributed by atoms with Crippen LogP contribution >= 0.6 is 11.3 Å². The van der Waals surface area contributed by atoms with E-state index in [0.29, 0.717) is 12.2 Å². The highest BCUT2D eigenvalue weighted by Crippen LogP contribution is 2.26. The van der Waals surface area contributed by atoms with Crippen molar-refractivity contribution in [3.63, 3.8) is 0 Å². The molecule has 2 aromatic rings. The Morgan fingerprint density at radius 2 is 2.21 bits per heavy atom. The fourth-order valence-electron chi connectivity index (χ4n) is 2.43. The molecule has 0 spiro atoms. The predicted octanol–water partition coefficient (Wildman–Crippen LogP) is 2.10. The summed E-state index contributed by atoms with van der Waals surface area (Å²) in [7, 11) is 0. The molecule has 1 aromatic heterocycles. The van der Waals surface area contributed by atoms with Crippen molar-refractivity contribution in [2.24, 2.45) is 0 Å². The fraction of sp³-hybridized carbons (Fsp3) is 0.235. The summed E-state index contributed by atoms with van der Waals surface area (Å²) in [5.74, 6) is -1.36. The second-order valence-electron chi connectivity index (χ2n) is 5.25. The van der Waals surface area contributed by atoms with Crippen molar-refractivity contribution in [3.8, 4) is 16.5 Å². The Labute approximate surface area is 143 Å². The monoisotopic (exact) mass is 341 g/mol. The van der Waals surface area contributed by atoms with Crippen LogP contribution in [0, 0.1) is 11.3 Å². The molecule has 0 saturated carbocycles. The second-order valence-corrected chi connectivity index (χ2v) is 6.20. The SMILES string of the molecule is N#CC1CN(C(=O)C(=O)Nc2cccc(-c3cccs3)c2)CCO1. The molecule has 2 heterocycles. The summed E-state index contributed by atoms with van der Waals surface area (Å²) in [4.78, 5) is 26.8. The van der Waals surface area contributed by atoms with E-state index in [-0.39, 0.29) is 13.2 Å². The molecule has 3 rings (SSSR count). The second kappa shape index (κ2) is 7.25. The number of amides is 2. The molecule has 0 aliphatic carbocycles. The summed E-state index contributed by atoms with van der Waals surface area (Å²) in [6, 6.07) is 13.2. The number of benzene rings is 1. The molecule has 2 amide bonds. The molecule has 0 bridgehead atoms. The largest absolute Gasteiger partial charge is 0.360 e. The maximum absolute atomic E-state index is 12.2. The van der Waals surface area contributed by atoms with Gasteiger partial charge in [-0.2, -0.15) is 5.26 Å². The van der Waals surface area contributed by atoms with Crippen LogP contribution in [0.2, 0.25) is 0 Å². The highest BCUT2D eigenvalue weighted by atomic mass is 32.1. The van der Waals surface area contributed by atoms with Gasteiger partial charge in [-0.25, -0.2) is 0 Å². The number of nitriles is 1. The lowest BCUT2D eigenvalue weighted by Crippen LogP contribution is -2.49. The Balaban J connectivity index is 1.67. The number of nitrogens with one attached hydrogen (secondary N) is 1. The number of anilines is 1. The van der Waals surface area contributed by atoms with Crippen molar-refractivity contribution >= 4 is 28.8 Å². The first-order valence-electron chi connectivity index (χ1n) is 7.43. The third-order valence-corrected chi connectivity index (χ3v) is 4.54. The van der Waals surface area contributed by atoms with Crippen LogP contribution in [-0.2, 0) is 14.3 Å². The van der Waals surface area contributed by atoms with E-state index in [2.05, 4.69) is 5.32 Å². The Hall–Kier alpha value is -2.69. The van der Waals surface area contributed by atoms with Gasteiger partial charge in [0.1, 0.15) is 0 Å². The zero-order valence-corrected chi connectivity index (χ0v) is 13.6. The number of rotatable bonds is 2. The maximum atomic E-state index is 12.2. The molecule has 6 nitrogen and oxygen atoms in total. The maximum Gasteiger partial charge on any atom is 0.313 e. The van der Waals surface area contributed by atoms with Crippen LogP contribution in [0.5, 0.6) is 0 Å². The van der Waals surface area contributed by atoms with Crippen LogP contribution < -0.4 is 5.32 Å². The summed E-state index contributed by atoms with van der Waals surface area (Å²) in [6.45, 7) is 0.669. The molecule has 24 heavy (non-hydrogen) atoms. The van der Waals surface area contributed by atoms with E-state index in [1.807, 2.05) is 41.8 Å². The first-order chi connectivity index (χ1) is 11.7. The van der Waals surface area contributed by atoms with Gasteiger partial charge in [-0.1, -0.05) is 18.2 Å². The van der Waals surface area contributed by atoms with Gasteiger partial charge >= 0.3 is 11.8 Å². The van der Waals surface area contributed by atoms with Gasteiger partial charge in [-0.05, 0) is 29.1 Å². The first-order valence-corrected chi connectivity index (χ1v) is 8.31. The number of carbonyl (C=O) groups is 2. The molecule has 1 aromatic carbocycles. The van der Waals surface area contributed by atoms with Crippen LogP contribution in [0.15, 0.2) is 41.8 Å². The van der Waals surface area contributed by atoms with E-state index in [0.717, 1.165) is 10.4 Å². The molecule has 1 aliphatic rings. The van der Waals surface area contributed by atoms with Crippen molar-refractivity contribution in [1.29, 1.82) is 5.26 Å². The van der Waals surface area contributed by atoms with Gasteiger partial charge < -0.3 is 15.0 Å². The summed E-state index contributed by atoms with van der Waals surface area (Å²) < 4.78 is 5.18. The van der Waals surface area contributed by atoms with Gasteiger partial charge in [-0.3, -0.25) is 9.59 Å². The molecular weight excluding hydrogens is 326 g/mol. The number of ether oxygens (including phenoxy) is 1.